The van der Waals surface area contributed by atoms with Crippen molar-refractivity contribution >= 4 is 11.3 Å². The van der Waals surface area contributed by atoms with Gasteiger partial charge in [-0.25, -0.2) is 4.98 Å². The van der Waals surface area contributed by atoms with Gasteiger partial charge in [0.1, 0.15) is 10.7 Å². The maximum absolute atomic E-state index is 5.22. The van der Waals surface area contributed by atoms with Gasteiger partial charge in [-0.15, -0.1) is 17.8 Å². The van der Waals surface area contributed by atoms with Gasteiger partial charge in [-0.2, -0.15) is 0 Å². The Kier molecular flexibility index (Phi) is 2.62. The molecule has 1 heterocycles. The second-order valence-corrected chi connectivity index (χ2v) is 4.29. The molecule has 1 aromatic rings. The number of terminal acetylenes is 1. The van der Waals surface area contributed by atoms with E-state index in [4.69, 9.17) is 6.42 Å². The summed E-state index contributed by atoms with van der Waals surface area (Å²) in [5.41, 5.74) is 0.758. The van der Waals surface area contributed by atoms with Crippen LogP contribution in [0, 0.1) is 18.3 Å². The van der Waals surface area contributed by atoms with Crippen LogP contribution in [0.3, 0.4) is 0 Å². The van der Waals surface area contributed by atoms with Gasteiger partial charge in [-0.1, -0.05) is 0 Å². The van der Waals surface area contributed by atoms with Crippen LogP contribution in [0.4, 0.5) is 0 Å². The Balaban J connectivity index is 1.76. The lowest BCUT2D eigenvalue weighted by molar-refractivity contribution is 0.636. The van der Waals surface area contributed by atoms with Gasteiger partial charge in [0, 0.05) is 11.9 Å². The number of nitrogens with one attached hydrogen (secondary N) is 1. The second-order valence-electron chi connectivity index (χ2n) is 3.35. The van der Waals surface area contributed by atoms with Crippen LogP contribution in [0.1, 0.15) is 23.5 Å². The first kappa shape index (κ1) is 8.74. The van der Waals surface area contributed by atoms with Gasteiger partial charge in [0.05, 0.1) is 0 Å². The molecular formula is C10H12N2S. The highest BCUT2D eigenvalue weighted by Crippen LogP contribution is 2.27. The van der Waals surface area contributed by atoms with Crippen LogP contribution in [0.15, 0.2) is 5.38 Å². The van der Waals surface area contributed by atoms with Gasteiger partial charge in [-0.05, 0) is 31.2 Å². The molecule has 1 saturated carbocycles. The molecule has 1 aliphatic carbocycles. The molecular weight excluding hydrogens is 180 g/mol. The molecule has 0 saturated heterocycles. The van der Waals surface area contributed by atoms with Gasteiger partial charge in [-0.3, -0.25) is 0 Å². The molecule has 2 rings (SSSR count). The molecule has 1 N–H and O–H groups in total. The summed E-state index contributed by atoms with van der Waals surface area (Å²) in [6.45, 7) is 1.99. The van der Waals surface area contributed by atoms with Crippen LogP contribution in [0.25, 0.3) is 0 Å². The average molecular weight is 192 g/mol. The van der Waals surface area contributed by atoms with E-state index in [1.165, 1.54) is 12.8 Å². The molecule has 13 heavy (non-hydrogen) atoms. The lowest BCUT2D eigenvalue weighted by Gasteiger charge is -1.98. The molecule has 3 heteroatoms. The van der Waals surface area contributed by atoms with Crippen LogP contribution in [-0.2, 0) is 6.54 Å². The maximum atomic E-state index is 5.22. The number of hydrogen-bond acceptors (Lipinski definition) is 3. The standard InChI is InChI=1S/C10H12N2S/c1-2-9-7-13-10(12-9)6-11-5-8-3-4-8/h1,7-8,11H,3-6H2. The fraction of sp³-hybridized carbons (Fsp3) is 0.500. The number of hydrogen-bond donors (Lipinski definition) is 1. The van der Waals surface area contributed by atoms with E-state index < -0.39 is 0 Å². The van der Waals surface area contributed by atoms with E-state index in [1.54, 1.807) is 11.3 Å². The topological polar surface area (TPSA) is 24.9 Å². The van der Waals surface area contributed by atoms with E-state index in [2.05, 4.69) is 16.2 Å². The van der Waals surface area contributed by atoms with E-state index in [1.807, 2.05) is 5.38 Å². The Labute approximate surface area is 82.4 Å². The van der Waals surface area contributed by atoms with E-state index in [-0.39, 0.29) is 0 Å². The van der Waals surface area contributed by atoms with E-state index >= 15 is 0 Å². The number of rotatable bonds is 4. The molecule has 68 valence electrons. The molecule has 0 atom stereocenters. The molecule has 1 aromatic heterocycles. The minimum Gasteiger partial charge on any atom is -0.310 e. The maximum Gasteiger partial charge on any atom is 0.124 e. The predicted molar refractivity (Wildman–Crippen MR) is 54.5 cm³/mol. The third-order valence-corrected chi connectivity index (χ3v) is 2.95. The Hall–Kier alpha value is -0.850. The summed E-state index contributed by atoms with van der Waals surface area (Å²) in [5.74, 6) is 3.45. The number of aromatic nitrogens is 1. The van der Waals surface area contributed by atoms with Crippen LogP contribution >= 0.6 is 11.3 Å². The van der Waals surface area contributed by atoms with Crippen LogP contribution in [-0.4, -0.2) is 11.5 Å². The summed E-state index contributed by atoms with van der Waals surface area (Å²) in [5, 5.41) is 6.40. The Morgan fingerprint density at radius 2 is 2.54 bits per heavy atom. The van der Waals surface area contributed by atoms with Crippen molar-refractivity contribution in [2.24, 2.45) is 5.92 Å². The van der Waals surface area contributed by atoms with E-state index in [9.17, 15) is 0 Å². The van der Waals surface area contributed by atoms with Gasteiger partial charge < -0.3 is 5.32 Å². The quantitative estimate of drug-likeness (QED) is 0.733. The SMILES string of the molecule is C#Cc1csc(CNCC2CC2)n1. The fourth-order valence-corrected chi connectivity index (χ4v) is 1.87. The van der Waals surface area contributed by atoms with Crippen molar-refractivity contribution in [3.8, 4) is 12.3 Å². The molecule has 0 spiro atoms. The van der Waals surface area contributed by atoms with Crippen molar-refractivity contribution < 1.29 is 0 Å². The zero-order valence-corrected chi connectivity index (χ0v) is 8.23. The van der Waals surface area contributed by atoms with Gasteiger partial charge in [0.25, 0.3) is 0 Å². The number of nitrogens with zero attached hydrogens (tertiary/aromatic N) is 1. The lowest BCUT2D eigenvalue weighted by Crippen LogP contribution is -2.15. The van der Waals surface area contributed by atoms with Crippen molar-refractivity contribution in [1.82, 2.24) is 10.3 Å². The Bertz CT molecular complexity index is 320. The predicted octanol–water partition coefficient (Wildman–Crippen LogP) is 1.62. The highest BCUT2D eigenvalue weighted by Gasteiger charge is 2.20. The molecule has 0 amide bonds. The molecule has 0 unspecified atom stereocenters. The van der Waals surface area contributed by atoms with E-state index in [0.717, 1.165) is 29.7 Å². The van der Waals surface area contributed by atoms with E-state index in [0.29, 0.717) is 0 Å². The first-order chi connectivity index (χ1) is 6.38. The van der Waals surface area contributed by atoms with Crippen molar-refractivity contribution in [1.29, 1.82) is 0 Å². The average Bonchev–Trinajstić information content (AvgIpc) is 2.84. The molecule has 0 radical (unpaired) electrons. The zero-order valence-electron chi connectivity index (χ0n) is 7.42. The molecule has 0 bridgehead atoms. The summed E-state index contributed by atoms with van der Waals surface area (Å²) in [6.07, 6.45) is 8.00. The summed E-state index contributed by atoms with van der Waals surface area (Å²) >= 11 is 1.63. The molecule has 1 fully saturated rings. The monoisotopic (exact) mass is 192 g/mol. The Morgan fingerprint density at radius 3 is 3.15 bits per heavy atom. The minimum absolute atomic E-state index is 0.758. The summed E-state index contributed by atoms with van der Waals surface area (Å²) < 4.78 is 0. The summed E-state index contributed by atoms with van der Waals surface area (Å²) in [6, 6.07) is 0. The van der Waals surface area contributed by atoms with Gasteiger partial charge in [0.2, 0.25) is 0 Å². The molecule has 0 aromatic carbocycles. The van der Waals surface area contributed by atoms with Crippen molar-refractivity contribution in [3.63, 3.8) is 0 Å². The normalized spacial score (nSPS) is 15.6. The smallest absolute Gasteiger partial charge is 0.124 e. The third kappa shape index (κ3) is 2.55. The van der Waals surface area contributed by atoms with Gasteiger partial charge in [0.15, 0.2) is 0 Å². The summed E-state index contributed by atoms with van der Waals surface area (Å²) in [7, 11) is 0. The van der Waals surface area contributed by atoms with Crippen LogP contribution in [0.5, 0.6) is 0 Å². The van der Waals surface area contributed by atoms with Crippen molar-refractivity contribution in [2.75, 3.05) is 6.54 Å². The largest absolute Gasteiger partial charge is 0.310 e. The molecule has 2 nitrogen and oxygen atoms in total. The fourth-order valence-electron chi connectivity index (χ4n) is 1.16. The third-order valence-electron chi connectivity index (χ3n) is 2.11. The van der Waals surface area contributed by atoms with Crippen LogP contribution < -0.4 is 5.32 Å². The van der Waals surface area contributed by atoms with Gasteiger partial charge >= 0.3 is 0 Å². The van der Waals surface area contributed by atoms with Crippen molar-refractivity contribution in [3.05, 3.63) is 16.1 Å². The molecule has 0 aliphatic heterocycles. The first-order valence-electron chi connectivity index (χ1n) is 4.50. The second kappa shape index (κ2) is 3.91. The summed E-state index contributed by atoms with van der Waals surface area (Å²) in [4.78, 5) is 4.27. The van der Waals surface area contributed by atoms with Crippen LogP contribution in [0.2, 0.25) is 0 Å². The Morgan fingerprint density at radius 1 is 1.69 bits per heavy atom. The van der Waals surface area contributed by atoms with Crippen molar-refractivity contribution in [2.45, 2.75) is 19.4 Å². The molecule has 1 aliphatic rings. The lowest BCUT2D eigenvalue weighted by atomic mass is 10.4. The first-order valence-corrected chi connectivity index (χ1v) is 5.38. The number of thiazole rings is 1. The zero-order chi connectivity index (χ0) is 9.10. The highest BCUT2D eigenvalue weighted by atomic mass is 32.1. The highest BCUT2D eigenvalue weighted by molar-refractivity contribution is 7.09. The minimum atomic E-state index is 0.758.